The highest BCUT2D eigenvalue weighted by atomic mass is 127. The van der Waals surface area contributed by atoms with E-state index in [1.165, 1.54) is 0 Å². The van der Waals surface area contributed by atoms with Gasteiger partial charge >= 0.3 is 0 Å². The number of aliphatic imine (C=N–C) groups is 1. The average Bonchev–Trinajstić information content (AvgIpc) is 2.66. The zero-order valence-corrected chi connectivity index (χ0v) is 18.3. The average molecular weight is 486 g/mol. The van der Waals surface area contributed by atoms with Crippen LogP contribution in [0.5, 0.6) is 0 Å². The van der Waals surface area contributed by atoms with Gasteiger partial charge in [-0.3, -0.25) is 4.99 Å². The molecule has 0 spiro atoms. The molecule has 2 aromatic carbocycles. The van der Waals surface area contributed by atoms with Gasteiger partial charge in [0.1, 0.15) is 5.82 Å². The predicted molar refractivity (Wildman–Crippen MR) is 120 cm³/mol. The van der Waals surface area contributed by atoms with Crippen molar-refractivity contribution in [1.82, 2.24) is 10.6 Å². The minimum Gasteiger partial charge on any atom is -0.383 e. The van der Waals surface area contributed by atoms with Crippen LogP contribution in [0.4, 0.5) is 10.1 Å². The third kappa shape index (κ3) is 8.13. The number of nitrogens with one attached hydrogen (secondary N) is 3. The van der Waals surface area contributed by atoms with Gasteiger partial charge in [-0.25, -0.2) is 4.39 Å². The molecular formula is C20H28FIN4O. The molecule has 0 atom stereocenters. The smallest absolute Gasteiger partial charge is 0.191 e. The van der Waals surface area contributed by atoms with Gasteiger partial charge in [-0.05, 0) is 41.8 Å². The van der Waals surface area contributed by atoms with Gasteiger partial charge < -0.3 is 20.7 Å². The van der Waals surface area contributed by atoms with Gasteiger partial charge in [0.2, 0.25) is 0 Å². The van der Waals surface area contributed by atoms with Crippen molar-refractivity contribution in [3.8, 4) is 0 Å². The Morgan fingerprint density at radius 3 is 2.26 bits per heavy atom. The summed E-state index contributed by atoms with van der Waals surface area (Å²) in [4.78, 5) is 4.20. The first kappa shape index (κ1) is 23.2. The molecule has 3 N–H and O–H groups in total. The lowest BCUT2D eigenvalue weighted by Crippen LogP contribution is -2.36. The van der Waals surface area contributed by atoms with E-state index in [0.717, 1.165) is 23.4 Å². The normalized spacial score (nSPS) is 10.9. The van der Waals surface area contributed by atoms with Crippen LogP contribution >= 0.6 is 24.0 Å². The van der Waals surface area contributed by atoms with E-state index >= 15 is 0 Å². The summed E-state index contributed by atoms with van der Waals surface area (Å²) >= 11 is 0. The van der Waals surface area contributed by atoms with Crippen molar-refractivity contribution in [2.75, 3.05) is 32.6 Å². The maximum absolute atomic E-state index is 13.6. The molecular weight excluding hydrogens is 458 g/mol. The maximum Gasteiger partial charge on any atom is 0.191 e. The van der Waals surface area contributed by atoms with E-state index in [4.69, 9.17) is 4.74 Å². The second-order valence-corrected chi connectivity index (χ2v) is 5.98. The lowest BCUT2D eigenvalue weighted by Gasteiger charge is -2.13. The summed E-state index contributed by atoms with van der Waals surface area (Å²) in [6, 6.07) is 13.4. The van der Waals surface area contributed by atoms with E-state index in [1.807, 2.05) is 18.2 Å². The molecule has 27 heavy (non-hydrogen) atoms. The van der Waals surface area contributed by atoms with E-state index in [-0.39, 0.29) is 29.8 Å². The molecule has 0 saturated heterocycles. The highest BCUT2D eigenvalue weighted by Gasteiger charge is 2.02. The van der Waals surface area contributed by atoms with Crippen LogP contribution in [-0.4, -0.2) is 33.3 Å². The summed E-state index contributed by atoms with van der Waals surface area (Å²) in [5.74, 6) is 0.486. The molecule has 2 aromatic rings. The van der Waals surface area contributed by atoms with Crippen LogP contribution in [0, 0.1) is 12.7 Å². The summed E-state index contributed by atoms with van der Waals surface area (Å²) in [6.45, 7) is 4.38. The largest absolute Gasteiger partial charge is 0.383 e. The Bertz CT molecular complexity index is 722. The molecule has 0 aliphatic rings. The van der Waals surface area contributed by atoms with Crippen molar-refractivity contribution in [2.24, 2.45) is 4.99 Å². The number of nitrogens with zero attached hydrogens (tertiary/aromatic N) is 1. The number of guanidine groups is 1. The number of anilines is 1. The molecule has 5 nitrogen and oxygen atoms in total. The Hall–Kier alpha value is -1.87. The van der Waals surface area contributed by atoms with Gasteiger partial charge in [-0.2, -0.15) is 0 Å². The summed E-state index contributed by atoms with van der Waals surface area (Å²) in [5, 5.41) is 9.74. The van der Waals surface area contributed by atoms with E-state index in [1.54, 1.807) is 33.2 Å². The molecule has 0 aliphatic heterocycles. The van der Waals surface area contributed by atoms with Crippen LogP contribution < -0.4 is 16.0 Å². The second kappa shape index (κ2) is 12.5. The fraction of sp³-hybridized carbons (Fsp3) is 0.350. The number of hydrogen-bond acceptors (Lipinski definition) is 3. The lowest BCUT2D eigenvalue weighted by molar-refractivity contribution is 0.211. The number of aryl methyl sites for hydroxylation is 1. The van der Waals surface area contributed by atoms with Crippen LogP contribution in [0.2, 0.25) is 0 Å². The Morgan fingerprint density at radius 2 is 1.67 bits per heavy atom. The van der Waals surface area contributed by atoms with Crippen molar-refractivity contribution in [1.29, 1.82) is 0 Å². The molecule has 0 fully saturated rings. The Morgan fingerprint density at radius 1 is 1.04 bits per heavy atom. The number of methoxy groups -OCH3 is 1. The summed E-state index contributed by atoms with van der Waals surface area (Å²) in [7, 11) is 3.40. The lowest BCUT2D eigenvalue weighted by atomic mass is 10.1. The first-order chi connectivity index (χ1) is 12.6. The zero-order valence-electron chi connectivity index (χ0n) is 16.0. The molecule has 0 unspecified atom stereocenters. The fourth-order valence-corrected chi connectivity index (χ4v) is 2.38. The molecule has 0 radical (unpaired) electrons. The van der Waals surface area contributed by atoms with Crippen molar-refractivity contribution in [3.63, 3.8) is 0 Å². The van der Waals surface area contributed by atoms with Gasteiger partial charge in [0.25, 0.3) is 0 Å². The SMILES string of the molecule is CN=C(NCc1ccc(NCCOC)cc1)NCc1ccc(C)c(F)c1.I. The van der Waals surface area contributed by atoms with E-state index in [9.17, 15) is 4.39 Å². The predicted octanol–water partition coefficient (Wildman–Crippen LogP) is 3.68. The minimum atomic E-state index is -0.188. The van der Waals surface area contributed by atoms with Crippen molar-refractivity contribution in [3.05, 3.63) is 65.0 Å². The van der Waals surface area contributed by atoms with Gasteiger partial charge in [0.05, 0.1) is 6.61 Å². The number of hydrogen-bond donors (Lipinski definition) is 3. The van der Waals surface area contributed by atoms with Gasteiger partial charge in [0, 0.05) is 39.5 Å². The Balaban J connectivity index is 0.00000364. The molecule has 0 aromatic heterocycles. The highest BCUT2D eigenvalue weighted by molar-refractivity contribution is 14.0. The van der Waals surface area contributed by atoms with Crippen LogP contribution in [0.1, 0.15) is 16.7 Å². The number of halogens is 2. The third-order valence-electron chi connectivity index (χ3n) is 3.97. The summed E-state index contributed by atoms with van der Waals surface area (Å²) < 4.78 is 18.6. The van der Waals surface area contributed by atoms with Gasteiger partial charge in [-0.15, -0.1) is 24.0 Å². The standard InChI is InChI=1S/C20H27FN4O.HI/c1-15-4-5-17(12-19(15)21)14-25-20(22-2)24-13-16-6-8-18(9-7-16)23-10-11-26-3;/h4-9,12,23H,10-11,13-14H2,1-3H3,(H2,22,24,25);1H. The molecule has 0 aliphatic carbocycles. The number of rotatable bonds is 8. The summed E-state index contributed by atoms with van der Waals surface area (Å²) in [6.07, 6.45) is 0. The van der Waals surface area contributed by atoms with Crippen molar-refractivity contribution < 1.29 is 9.13 Å². The maximum atomic E-state index is 13.6. The molecule has 148 valence electrons. The van der Waals surface area contributed by atoms with Crippen LogP contribution in [0.25, 0.3) is 0 Å². The molecule has 0 saturated carbocycles. The third-order valence-corrected chi connectivity index (χ3v) is 3.97. The molecule has 2 rings (SSSR count). The Labute approximate surface area is 177 Å². The minimum absolute atomic E-state index is 0. The number of ether oxygens (including phenoxy) is 1. The summed E-state index contributed by atoms with van der Waals surface area (Å²) in [5.41, 5.74) is 3.74. The first-order valence-corrected chi connectivity index (χ1v) is 8.63. The van der Waals surface area contributed by atoms with E-state index in [0.29, 0.717) is 31.2 Å². The van der Waals surface area contributed by atoms with Crippen molar-refractivity contribution in [2.45, 2.75) is 20.0 Å². The second-order valence-electron chi connectivity index (χ2n) is 5.98. The van der Waals surface area contributed by atoms with Crippen molar-refractivity contribution >= 4 is 35.6 Å². The van der Waals surface area contributed by atoms with Crippen LogP contribution in [0.15, 0.2) is 47.5 Å². The van der Waals surface area contributed by atoms with Crippen LogP contribution in [0.3, 0.4) is 0 Å². The first-order valence-electron chi connectivity index (χ1n) is 8.63. The van der Waals surface area contributed by atoms with Gasteiger partial charge in [-0.1, -0.05) is 24.3 Å². The van der Waals surface area contributed by atoms with E-state index < -0.39 is 0 Å². The quantitative estimate of drug-likeness (QED) is 0.231. The molecule has 7 heteroatoms. The topological polar surface area (TPSA) is 57.7 Å². The Kier molecular flexibility index (Phi) is 10.7. The fourth-order valence-electron chi connectivity index (χ4n) is 2.38. The molecule has 0 bridgehead atoms. The van der Waals surface area contributed by atoms with Crippen LogP contribution in [-0.2, 0) is 17.8 Å². The van der Waals surface area contributed by atoms with Gasteiger partial charge in [0.15, 0.2) is 5.96 Å². The monoisotopic (exact) mass is 486 g/mol. The van der Waals surface area contributed by atoms with E-state index in [2.05, 4.69) is 33.1 Å². The highest BCUT2D eigenvalue weighted by Crippen LogP contribution is 2.10. The zero-order chi connectivity index (χ0) is 18.8. The molecule has 0 heterocycles. The molecule has 0 amide bonds. The number of benzene rings is 2.